The Kier molecular flexibility index (Phi) is 5.16. The molecule has 2 heterocycles. The zero-order valence-corrected chi connectivity index (χ0v) is 14.2. The number of carbonyl (C=O) groups excluding carboxylic acids is 1. The first kappa shape index (κ1) is 19.1. The van der Waals surface area contributed by atoms with Gasteiger partial charge in [-0.15, -0.1) is 0 Å². The van der Waals surface area contributed by atoms with Gasteiger partial charge >= 0.3 is 12.1 Å². The van der Waals surface area contributed by atoms with Crippen LogP contribution in [0.4, 0.5) is 23.2 Å². The number of methoxy groups -OCH3 is 1. The van der Waals surface area contributed by atoms with E-state index in [4.69, 9.17) is 4.42 Å². The molecule has 0 atom stereocenters. The average Bonchev–Trinajstić information content (AvgIpc) is 3.16. The minimum atomic E-state index is -4.46. The van der Waals surface area contributed by atoms with Crippen molar-refractivity contribution in [3.8, 4) is 17.3 Å². The van der Waals surface area contributed by atoms with E-state index in [9.17, 15) is 22.4 Å². The smallest absolute Gasteiger partial charge is 0.416 e. The highest BCUT2D eigenvalue weighted by atomic mass is 19.4. The van der Waals surface area contributed by atoms with E-state index in [-0.39, 0.29) is 28.8 Å². The molecular formula is C17H12F4N4O3. The molecule has 3 rings (SSSR count). The number of hydrogen-bond acceptors (Lipinski definition) is 6. The van der Waals surface area contributed by atoms with Gasteiger partial charge < -0.3 is 9.15 Å². The van der Waals surface area contributed by atoms with Gasteiger partial charge in [0.15, 0.2) is 5.82 Å². The maximum absolute atomic E-state index is 13.6. The highest BCUT2D eigenvalue weighted by Crippen LogP contribution is 2.30. The lowest BCUT2D eigenvalue weighted by molar-refractivity contribution is -0.137. The number of hydrazine groups is 1. The SMILES string of the molecule is COc1ncc(NNC(=O)c2cnc(-c3ccc(C(F)(F)F)cc3)o2)cc1F. The van der Waals surface area contributed by atoms with Crippen LogP contribution in [0, 0.1) is 5.82 Å². The number of pyridine rings is 1. The zero-order chi connectivity index (χ0) is 20.3. The third-order valence-corrected chi connectivity index (χ3v) is 3.51. The van der Waals surface area contributed by atoms with Crippen LogP contribution in [0.2, 0.25) is 0 Å². The molecule has 7 nitrogen and oxygen atoms in total. The highest BCUT2D eigenvalue weighted by Gasteiger charge is 2.30. The number of nitrogens with one attached hydrogen (secondary N) is 2. The van der Waals surface area contributed by atoms with Gasteiger partial charge in [-0.3, -0.25) is 15.6 Å². The van der Waals surface area contributed by atoms with E-state index in [0.29, 0.717) is 0 Å². The summed E-state index contributed by atoms with van der Waals surface area (Å²) in [4.78, 5) is 19.6. The molecule has 2 N–H and O–H groups in total. The number of anilines is 1. The van der Waals surface area contributed by atoms with Gasteiger partial charge in [0, 0.05) is 11.6 Å². The van der Waals surface area contributed by atoms with Gasteiger partial charge in [0.25, 0.3) is 0 Å². The van der Waals surface area contributed by atoms with E-state index in [0.717, 1.165) is 24.4 Å². The Morgan fingerprint density at radius 2 is 1.86 bits per heavy atom. The molecule has 0 fully saturated rings. The number of rotatable bonds is 5. The molecule has 0 aliphatic heterocycles. The fourth-order valence-electron chi connectivity index (χ4n) is 2.15. The molecule has 1 amide bonds. The Hall–Kier alpha value is -3.63. The van der Waals surface area contributed by atoms with Crippen LogP contribution in [-0.4, -0.2) is 23.0 Å². The van der Waals surface area contributed by atoms with Crippen molar-refractivity contribution in [2.24, 2.45) is 0 Å². The molecule has 0 bridgehead atoms. The molecule has 0 unspecified atom stereocenters. The van der Waals surface area contributed by atoms with E-state index in [2.05, 4.69) is 25.6 Å². The number of halogens is 4. The Morgan fingerprint density at radius 3 is 2.46 bits per heavy atom. The largest absolute Gasteiger partial charge is 0.479 e. The van der Waals surface area contributed by atoms with E-state index in [1.165, 1.54) is 25.4 Å². The molecule has 1 aromatic carbocycles. The second-order valence-electron chi connectivity index (χ2n) is 5.40. The third-order valence-electron chi connectivity index (χ3n) is 3.51. The summed E-state index contributed by atoms with van der Waals surface area (Å²) in [5.41, 5.74) is 4.29. The lowest BCUT2D eigenvalue weighted by atomic mass is 10.1. The maximum Gasteiger partial charge on any atom is 0.416 e. The van der Waals surface area contributed by atoms with Gasteiger partial charge in [0.1, 0.15) is 0 Å². The van der Waals surface area contributed by atoms with Crippen molar-refractivity contribution in [3.63, 3.8) is 0 Å². The van der Waals surface area contributed by atoms with Gasteiger partial charge in [-0.05, 0) is 24.3 Å². The molecule has 2 aromatic heterocycles. The van der Waals surface area contributed by atoms with E-state index in [1.807, 2.05) is 0 Å². The first-order valence-corrected chi connectivity index (χ1v) is 7.67. The fourth-order valence-corrected chi connectivity index (χ4v) is 2.15. The van der Waals surface area contributed by atoms with E-state index in [1.54, 1.807) is 0 Å². The predicted octanol–water partition coefficient (Wildman–Crippen LogP) is 3.66. The number of alkyl halides is 3. The van der Waals surface area contributed by atoms with Gasteiger partial charge in [-0.1, -0.05) is 0 Å². The molecule has 28 heavy (non-hydrogen) atoms. The Morgan fingerprint density at radius 1 is 1.14 bits per heavy atom. The summed E-state index contributed by atoms with van der Waals surface area (Å²) in [6.07, 6.45) is -2.12. The molecular weight excluding hydrogens is 384 g/mol. The summed E-state index contributed by atoms with van der Waals surface area (Å²) in [5.74, 6) is -1.90. The molecule has 0 aliphatic carbocycles. The van der Waals surface area contributed by atoms with Crippen LogP contribution in [0.3, 0.4) is 0 Å². The summed E-state index contributed by atoms with van der Waals surface area (Å²) >= 11 is 0. The van der Waals surface area contributed by atoms with Crippen LogP contribution < -0.4 is 15.6 Å². The van der Waals surface area contributed by atoms with Crippen LogP contribution in [0.5, 0.6) is 5.88 Å². The van der Waals surface area contributed by atoms with E-state index >= 15 is 0 Å². The summed E-state index contributed by atoms with van der Waals surface area (Å²) in [6.45, 7) is 0. The number of hydrogen-bond donors (Lipinski definition) is 2. The molecule has 11 heteroatoms. The van der Waals surface area contributed by atoms with Crippen molar-refractivity contribution in [1.29, 1.82) is 0 Å². The van der Waals surface area contributed by atoms with Crippen LogP contribution >= 0.6 is 0 Å². The number of oxazole rings is 1. The van der Waals surface area contributed by atoms with Crippen LogP contribution in [0.15, 0.2) is 47.1 Å². The van der Waals surface area contributed by atoms with Crippen molar-refractivity contribution in [2.45, 2.75) is 6.18 Å². The van der Waals surface area contributed by atoms with Crippen molar-refractivity contribution >= 4 is 11.6 Å². The molecule has 0 saturated carbocycles. The Bertz CT molecular complexity index is 987. The summed E-state index contributed by atoms with van der Waals surface area (Å²) in [7, 11) is 1.26. The molecule has 0 saturated heterocycles. The predicted molar refractivity (Wildman–Crippen MR) is 88.8 cm³/mol. The molecule has 0 spiro atoms. The summed E-state index contributed by atoms with van der Waals surface area (Å²) in [6, 6.07) is 5.18. The minimum Gasteiger partial charge on any atom is -0.479 e. The van der Waals surface area contributed by atoms with Crippen molar-refractivity contribution in [1.82, 2.24) is 15.4 Å². The molecule has 146 valence electrons. The second kappa shape index (κ2) is 7.55. The molecule has 3 aromatic rings. The first-order valence-electron chi connectivity index (χ1n) is 7.67. The Labute approximate surface area is 155 Å². The van der Waals surface area contributed by atoms with Crippen LogP contribution in [0.1, 0.15) is 16.1 Å². The van der Waals surface area contributed by atoms with Crippen molar-refractivity contribution < 1.29 is 31.5 Å². The first-order chi connectivity index (χ1) is 13.3. The van der Waals surface area contributed by atoms with Crippen LogP contribution in [-0.2, 0) is 6.18 Å². The molecule has 0 radical (unpaired) electrons. The minimum absolute atomic E-state index is 0.0315. The number of aromatic nitrogens is 2. The highest BCUT2D eigenvalue weighted by molar-refractivity contribution is 5.92. The lowest BCUT2D eigenvalue weighted by Gasteiger charge is -2.08. The standard InChI is InChI=1S/C17H12F4N4O3/c1-27-16-12(18)6-11(7-22-16)24-25-14(26)13-8-23-15(28-13)9-2-4-10(5-3-9)17(19,20)21/h2-8,24H,1H3,(H,25,26). The monoisotopic (exact) mass is 396 g/mol. The lowest BCUT2D eigenvalue weighted by Crippen LogP contribution is -2.29. The second-order valence-corrected chi connectivity index (χ2v) is 5.40. The Balaban J connectivity index is 1.66. The average molecular weight is 396 g/mol. The number of benzene rings is 1. The van der Waals surface area contributed by atoms with E-state index < -0.39 is 23.5 Å². The molecule has 0 aliphatic rings. The number of nitrogens with zero attached hydrogens (tertiary/aromatic N) is 2. The third kappa shape index (κ3) is 4.19. The maximum atomic E-state index is 13.6. The number of amides is 1. The van der Waals surface area contributed by atoms with Gasteiger partial charge in [0.2, 0.25) is 17.5 Å². The summed E-state index contributed by atoms with van der Waals surface area (Å²) < 4.78 is 61.3. The van der Waals surface area contributed by atoms with Crippen molar-refractivity contribution in [2.75, 3.05) is 12.5 Å². The quantitative estimate of drug-likeness (QED) is 0.506. The van der Waals surface area contributed by atoms with Gasteiger partial charge in [-0.25, -0.2) is 14.4 Å². The summed E-state index contributed by atoms with van der Waals surface area (Å²) in [5, 5.41) is 0. The van der Waals surface area contributed by atoms with Crippen molar-refractivity contribution in [3.05, 3.63) is 59.9 Å². The topological polar surface area (TPSA) is 89.3 Å². The fraction of sp³-hybridized carbons (Fsp3) is 0.118. The normalized spacial score (nSPS) is 11.2. The van der Waals surface area contributed by atoms with Gasteiger partial charge in [-0.2, -0.15) is 13.2 Å². The van der Waals surface area contributed by atoms with Crippen LogP contribution in [0.25, 0.3) is 11.5 Å². The van der Waals surface area contributed by atoms with Gasteiger partial charge in [0.05, 0.1) is 30.8 Å². The number of ether oxygens (including phenoxy) is 1. The number of carbonyl (C=O) groups is 1. The zero-order valence-electron chi connectivity index (χ0n) is 14.2.